The van der Waals surface area contributed by atoms with Gasteiger partial charge in [0.1, 0.15) is 0 Å². The van der Waals surface area contributed by atoms with Gasteiger partial charge in [0.25, 0.3) is 5.91 Å². The summed E-state index contributed by atoms with van der Waals surface area (Å²) >= 11 is 6.05. The highest BCUT2D eigenvalue weighted by Crippen LogP contribution is 2.21. The van der Waals surface area contributed by atoms with Crippen LogP contribution < -0.4 is 11.1 Å². The van der Waals surface area contributed by atoms with Crippen LogP contribution in [0.5, 0.6) is 0 Å². The van der Waals surface area contributed by atoms with Gasteiger partial charge in [-0.3, -0.25) is 4.79 Å². The largest absolute Gasteiger partial charge is 0.399 e. The molecule has 1 aliphatic carbocycles. The third-order valence-corrected chi connectivity index (χ3v) is 4.01. The molecule has 4 heteroatoms. The van der Waals surface area contributed by atoms with E-state index in [1.165, 1.54) is 32.1 Å². The second kappa shape index (κ2) is 6.80. The summed E-state index contributed by atoms with van der Waals surface area (Å²) in [7, 11) is 0. The minimum absolute atomic E-state index is 0.108. The van der Waals surface area contributed by atoms with E-state index < -0.39 is 0 Å². The average molecular weight is 281 g/mol. The predicted molar refractivity (Wildman–Crippen MR) is 79.4 cm³/mol. The zero-order valence-corrected chi connectivity index (χ0v) is 11.9. The first kappa shape index (κ1) is 14.2. The Morgan fingerprint density at radius 1 is 1.16 bits per heavy atom. The van der Waals surface area contributed by atoms with Crippen molar-refractivity contribution in [2.45, 2.75) is 51.0 Å². The number of carbonyl (C=O) groups excluding carboxylic acids is 1. The van der Waals surface area contributed by atoms with Gasteiger partial charge in [0, 0.05) is 11.7 Å². The molecule has 1 aromatic rings. The third kappa shape index (κ3) is 4.13. The number of benzene rings is 1. The fourth-order valence-corrected chi connectivity index (χ4v) is 2.78. The number of rotatable bonds is 2. The summed E-state index contributed by atoms with van der Waals surface area (Å²) in [6.45, 7) is 0. The first-order chi connectivity index (χ1) is 9.16. The van der Waals surface area contributed by atoms with E-state index >= 15 is 0 Å². The van der Waals surface area contributed by atoms with Gasteiger partial charge in [-0.25, -0.2) is 0 Å². The monoisotopic (exact) mass is 280 g/mol. The Labute approximate surface area is 119 Å². The van der Waals surface area contributed by atoms with E-state index in [4.69, 9.17) is 17.3 Å². The van der Waals surface area contributed by atoms with Crippen LogP contribution >= 0.6 is 11.6 Å². The first-order valence-electron chi connectivity index (χ1n) is 7.02. The van der Waals surface area contributed by atoms with Crippen LogP contribution in [0.15, 0.2) is 18.2 Å². The topological polar surface area (TPSA) is 55.1 Å². The Morgan fingerprint density at radius 3 is 2.47 bits per heavy atom. The molecule has 1 aromatic carbocycles. The van der Waals surface area contributed by atoms with Crippen LogP contribution in [0.25, 0.3) is 0 Å². The Kier molecular flexibility index (Phi) is 5.08. The zero-order chi connectivity index (χ0) is 13.7. The molecule has 1 fully saturated rings. The molecule has 0 radical (unpaired) electrons. The molecule has 19 heavy (non-hydrogen) atoms. The number of hydrogen-bond acceptors (Lipinski definition) is 2. The second-order valence-corrected chi connectivity index (χ2v) is 5.66. The molecule has 0 bridgehead atoms. The molecule has 0 saturated heterocycles. The van der Waals surface area contributed by atoms with Crippen LogP contribution in [0.4, 0.5) is 5.69 Å². The summed E-state index contributed by atoms with van der Waals surface area (Å²) in [4.78, 5) is 12.2. The summed E-state index contributed by atoms with van der Waals surface area (Å²) in [5.74, 6) is -0.108. The van der Waals surface area contributed by atoms with Crippen LogP contribution in [-0.4, -0.2) is 11.9 Å². The van der Waals surface area contributed by atoms with Crippen molar-refractivity contribution in [2.24, 2.45) is 0 Å². The molecule has 0 atom stereocenters. The predicted octanol–water partition coefficient (Wildman–Crippen LogP) is 3.76. The summed E-state index contributed by atoms with van der Waals surface area (Å²) < 4.78 is 0. The number of halogens is 1. The molecular formula is C15H21ClN2O. The Balaban J connectivity index is 2.00. The number of nitrogens with one attached hydrogen (secondary N) is 1. The van der Waals surface area contributed by atoms with Gasteiger partial charge in [-0.05, 0) is 31.0 Å². The maximum absolute atomic E-state index is 12.2. The van der Waals surface area contributed by atoms with Gasteiger partial charge in [-0.1, -0.05) is 43.7 Å². The molecule has 2 rings (SSSR count). The zero-order valence-electron chi connectivity index (χ0n) is 11.1. The SMILES string of the molecule is Nc1ccc(Cl)c(C(=O)NC2CCCCCCC2)c1. The van der Waals surface area contributed by atoms with Gasteiger partial charge in [-0.2, -0.15) is 0 Å². The first-order valence-corrected chi connectivity index (χ1v) is 7.40. The van der Waals surface area contributed by atoms with Crippen molar-refractivity contribution in [1.29, 1.82) is 0 Å². The highest BCUT2D eigenvalue weighted by atomic mass is 35.5. The smallest absolute Gasteiger partial charge is 0.253 e. The van der Waals surface area contributed by atoms with Gasteiger partial charge in [0.05, 0.1) is 10.6 Å². The van der Waals surface area contributed by atoms with Gasteiger partial charge in [0.2, 0.25) is 0 Å². The lowest BCUT2D eigenvalue weighted by Gasteiger charge is -2.21. The van der Waals surface area contributed by atoms with Crippen LogP contribution in [0, 0.1) is 0 Å². The van der Waals surface area contributed by atoms with Crippen molar-refractivity contribution in [3.63, 3.8) is 0 Å². The van der Waals surface area contributed by atoms with Crippen molar-refractivity contribution in [3.8, 4) is 0 Å². The van der Waals surface area contributed by atoms with E-state index in [1.807, 2.05) is 0 Å². The molecule has 0 spiro atoms. The fourth-order valence-electron chi connectivity index (χ4n) is 2.58. The van der Waals surface area contributed by atoms with Gasteiger partial charge in [0.15, 0.2) is 0 Å². The van der Waals surface area contributed by atoms with Crippen molar-refractivity contribution in [3.05, 3.63) is 28.8 Å². The van der Waals surface area contributed by atoms with Gasteiger partial charge < -0.3 is 11.1 Å². The Bertz CT molecular complexity index is 440. The molecule has 0 heterocycles. The summed E-state index contributed by atoms with van der Waals surface area (Å²) in [5, 5.41) is 3.55. The highest BCUT2D eigenvalue weighted by molar-refractivity contribution is 6.34. The minimum atomic E-state index is -0.108. The summed E-state index contributed by atoms with van der Waals surface area (Å²) in [5.41, 5.74) is 6.74. The van der Waals surface area contributed by atoms with E-state index in [9.17, 15) is 4.79 Å². The third-order valence-electron chi connectivity index (χ3n) is 3.68. The molecule has 3 nitrogen and oxygen atoms in total. The fraction of sp³-hybridized carbons (Fsp3) is 0.533. The standard InChI is InChI=1S/C15H21ClN2O/c16-14-9-8-11(17)10-13(14)15(19)18-12-6-4-2-1-3-5-7-12/h8-10,12H,1-7,17H2,(H,18,19). The lowest BCUT2D eigenvalue weighted by molar-refractivity contribution is 0.0930. The number of carbonyl (C=O) groups is 1. The van der Waals surface area contributed by atoms with E-state index in [2.05, 4.69) is 5.32 Å². The van der Waals surface area contributed by atoms with E-state index in [0.29, 0.717) is 16.3 Å². The van der Waals surface area contributed by atoms with Crippen LogP contribution in [0.2, 0.25) is 5.02 Å². The maximum Gasteiger partial charge on any atom is 0.253 e. The molecule has 0 aromatic heterocycles. The molecule has 1 aliphatic rings. The number of nitrogens with two attached hydrogens (primary N) is 1. The summed E-state index contributed by atoms with van der Waals surface area (Å²) in [6.07, 6.45) is 8.36. The lowest BCUT2D eigenvalue weighted by atomic mass is 9.96. The molecule has 1 amide bonds. The van der Waals surface area contributed by atoms with Crippen molar-refractivity contribution < 1.29 is 4.79 Å². The van der Waals surface area contributed by atoms with Crippen molar-refractivity contribution in [2.75, 3.05) is 5.73 Å². The minimum Gasteiger partial charge on any atom is -0.399 e. The van der Waals surface area contributed by atoms with E-state index in [-0.39, 0.29) is 11.9 Å². The molecule has 0 unspecified atom stereocenters. The summed E-state index contributed by atoms with van der Waals surface area (Å²) in [6, 6.07) is 5.28. The average Bonchev–Trinajstić information content (AvgIpc) is 2.35. The highest BCUT2D eigenvalue weighted by Gasteiger charge is 2.17. The van der Waals surface area contributed by atoms with Gasteiger partial charge in [-0.15, -0.1) is 0 Å². The molecular weight excluding hydrogens is 260 g/mol. The van der Waals surface area contributed by atoms with Crippen LogP contribution in [0.3, 0.4) is 0 Å². The van der Waals surface area contributed by atoms with Crippen molar-refractivity contribution in [1.82, 2.24) is 5.32 Å². The number of nitrogen functional groups attached to an aromatic ring is 1. The van der Waals surface area contributed by atoms with Crippen LogP contribution in [0.1, 0.15) is 55.3 Å². The number of hydrogen-bond donors (Lipinski definition) is 2. The molecule has 104 valence electrons. The number of anilines is 1. The normalized spacial score (nSPS) is 17.5. The Hall–Kier alpha value is -1.22. The second-order valence-electron chi connectivity index (χ2n) is 5.25. The molecule has 3 N–H and O–H groups in total. The van der Waals surface area contributed by atoms with E-state index in [1.54, 1.807) is 18.2 Å². The molecule has 1 saturated carbocycles. The molecule has 0 aliphatic heterocycles. The maximum atomic E-state index is 12.2. The van der Waals surface area contributed by atoms with Crippen LogP contribution in [-0.2, 0) is 0 Å². The van der Waals surface area contributed by atoms with Gasteiger partial charge >= 0.3 is 0 Å². The van der Waals surface area contributed by atoms with E-state index in [0.717, 1.165) is 12.8 Å². The number of amides is 1. The quantitative estimate of drug-likeness (QED) is 0.811. The Morgan fingerprint density at radius 2 is 1.79 bits per heavy atom. The lowest BCUT2D eigenvalue weighted by Crippen LogP contribution is -2.35. The van der Waals surface area contributed by atoms with Crippen molar-refractivity contribution >= 4 is 23.2 Å².